The first-order chi connectivity index (χ1) is 4.29. The maximum absolute atomic E-state index is 2.28. The smallest absolute Gasteiger partial charge is 0.145 e. The molecule has 1 unspecified atom stereocenters. The maximum Gasteiger partial charge on any atom is 0.145 e. The van der Waals surface area contributed by atoms with E-state index in [0.29, 0.717) is 0 Å². The first-order valence-electron chi connectivity index (χ1n) is 3.82. The van der Waals surface area contributed by atoms with Gasteiger partial charge in [-0.3, -0.25) is 0 Å². The summed E-state index contributed by atoms with van der Waals surface area (Å²) in [5, 5.41) is 0. The molecule has 0 bridgehead atoms. The van der Waals surface area contributed by atoms with Gasteiger partial charge >= 0.3 is 0 Å². The van der Waals surface area contributed by atoms with Crippen molar-refractivity contribution >= 4 is 6.21 Å². The molecule has 0 radical (unpaired) electrons. The van der Waals surface area contributed by atoms with Crippen molar-refractivity contribution in [2.24, 2.45) is 5.92 Å². The monoisotopic (exact) mass is 128 g/mol. The van der Waals surface area contributed by atoms with E-state index in [1.807, 2.05) is 13.8 Å². The molecule has 0 spiro atoms. The summed E-state index contributed by atoms with van der Waals surface area (Å²) in [4.78, 5) is 0. The van der Waals surface area contributed by atoms with Crippen molar-refractivity contribution in [2.45, 2.75) is 27.2 Å². The zero-order chi connectivity index (χ0) is 7.28. The molecular formula is C8H18N+. The van der Waals surface area contributed by atoms with Crippen LogP contribution in [0.4, 0.5) is 0 Å². The Balaban J connectivity index is 0.000000291. The SMILES string of the molecule is CC.CC1CC=[N+](C)C1. The molecule has 1 heteroatoms. The Bertz CT molecular complexity index is 94.7. The quantitative estimate of drug-likeness (QED) is 0.437. The van der Waals surface area contributed by atoms with Gasteiger partial charge in [-0.05, 0) is 0 Å². The molecule has 0 aliphatic carbocycles. The Kier molecular flexibility index (Phi) is 4.37. The van der Waals surface area contributed by atoms with Crippen molar-refractivity contribution in [2.75, 3.05) is 13.6 Å². The van der Waals surface area contributed by atoms with Crippen molar-refractivity contribution in [3.05, 3.63) is 0 Å². The summed E-state index contributed by atoms with van der Waals surface area (Å²) >= 11 is 0. The summed E-state index contributed by atoms with van der Waals surface area (Å²) in [7, 11) is 2.13. The van der Waals surface area contributed by atoms with E-state index >= 15 is 0 Å². The molecule has 1 heterocycles. The van der Waals surface area contributed by atoms with E-state index in [4.69, 9.17) is 0 Å². The lowest BCUT2D eigenvalue weighted by Crippen LogP contribution is -2.03. The van der Waals surface area contributed by atoms with Crippen LogP contribution in [0.25, 0.3) is 0 Å². The van der Waals surface area contributed by atoms with Crippen LogP contribution in [0.15, 0.2) is 0 Å². The van der Waals surface area contributed by atoms with Crippen LogP contribution in [0.2, 0.25) is 0 Å². The highest BCUT2D eigenvalue weighted by Gasteiger charge is 2.13. The average molecular weight is 128 g/mol. The normalized spacial score (nSPS) is 24.4. The van der Waals surface area contributed by atoms with Crippen LogP contribution in [0, 0.1) is 5.92 Å². The molecule has 1 rings (SSSR count). The minimum atomic E-state index is 0.894. The highest BCUT2D eigenvalue weighted by Crippen LogP contribution is 2.03. The van der Waals surface area contributed by atoms with Gasteiger partial charge in [-0.25, -0.2) is 4.58 Å². The minimum Gasteiger partial charge on any atom is -0.242 e. The van der Waals surface area contributed by atoms with Crippen molar-refractivity contribution in [3.63, 3.8) is 0 Å². The molecule has 0 N–H and O–H groups in total. The number of hydrogen-bond acceptors (Lipinski definition) is 0. The predicted molar refractivity (Wildman–Crippen MR) is 42.2 cm³/mol. The summed E-state index contributed by atoms with van der Waals surface area (Å²) in [6, 6.07) is 0. The molecule has 1 aliphatic heterocycles. The number of rotatable bonds is 0. The molecular weight excluding hydrogens is 110 g/mol. The Morgan fingerprint density at radius 3 is 2.11 bits per heavy atom. The molecule has 0 aromatic carbocycles. The van der Waals surface area contributed by atoms with Crippen molar-refractivity contribution < 1.29 is 4.58 Å². The van der Waals surface area contributed by atoms with Gasteiger partial charge in [0.05, 0.1) is 0 Å². The molecule has 0 aromatic heterocycles. The van der Waals surface area contributed by atoms with Crippen molar-refractivity contribution in [1.29, 1.82) is 0 Å². The first kappa shape index (κ1) is 8.67. The van der Waals surface area contributed by atoms with Gasteiger partial charge in [0.25, 0.3) is 0 Å². The molecule has 0 saturated heterocycles. The number of nitrogens with zero attached hydrogens (tertiary/aromatic N) is 1. The van der Waals surface area contributed by atoms with Crippen LogP contribution < -0.4 is 0 Å². The van der Waals surface area contributed by atoms with Crippen molar-refractivity contribution in [3.8, 4) is 0 Å². The molecule has 1 nitrogen and oxygen atoms in total. The fraction of sp³-hybridized carbons (Fsp3) is 0.875. The van der Waals surface area contributed by atoms with Crippen LogP contribution in [0.3, 0.4) is 0 Å². The fourth-order valence-corrected chi connectivity index (χ4v) is 1.00. The maximum atomic E-state index is 2.28. The van der Waals surface area contributed by atoms with Crippen LogP contribution in [-0.4, -0.2) is 24.4 Å². The Labute approximate surface area is 58.4 Å². The zero-order valence-corrected chi connectivity index (χ0v) is 7.02. The first-order valence-corrected chi connectivity index (χ1v) is 3.82. The van der Waals surface area contributed by atoms with Gasteiger partial charge in [0.1, 0.15) is 19.8 Å². The van der Waals surface area contributed by atoms with E-state index in [1.165, 1.54) is 13.0 Å². The van der Waals surface area contributed by atoms with E-state index in [-0.39, 0.29) is 0 Å². The molecule has 0 fully saturated rings. The lowest BCUT2D eigenvalue weighted by Gasteiger charge is -1.89. The highest BCUT2D eigenvalue weighted by atomic mass is 15.0. The molecule has 0 saturated carbocycles. The second-order valence-electron chi connectivity index (χ2n) is 2.46. The van der Waals surface area contributed by atoms with Crippen LogP contribution in [-0.2, 0) is 0 Å². The Morgan fingerprint density at radius 2 is 2.00 bits per heavy atom. The van der Waals surface area contributed by atoms with E-state index in [9.17, 15) is 0 Å². The van der Waals surface area contributed by atoms with Gasteiger partial charge in [0, 0.05) is 12.3 Å². The molecule has 0 amide bonds. The molecule has 0 aromatic rings. The molecule has 1 atom stereocenters. The lowest BCUT2D eigenvalue weighted by atomic mass is 10.2. The zero-order valence-electron chi connectivity index (χ0n) is 7.02. The van der Waals surface area contributed by atoms with E-state index in [0.717, 1.165) is 5.92 Å². The van der Waals surface area contributed by atoms with E-state index < -0.39 is 0 Å². The Morgan fingerprint density at radius 1 is 1.44 bits per heavy atom. The van der Waals surface area contributed by atoms with Crippen LogP contribution >= 0.6 is 0 Å². The molecule has 1 aliphatic rings. The fourth-order valence-electron chi connectivity index (χ4n) is 1.00. The topological polar surface area (TPSA) is 3.01 Å². The van der Waals surface area contributed by atoms with Gasteiger partial charge in [-0.1, -0.05) is 20.8 Å². The Hall–Kier alpha value is -0.330. The van der Waals surface area contributed by atoms with E-state index in [1.54, 1.807) is 0 Å². The third-order valence-electron chi connectivity index (χ3n) is 1.42. The van der Waals surface area contributed by atoms with Gasteiger partial charge in [-0.15, -0.1) is 0 Å². The van der Waals surface area contributed by atoms with Gasteiger partial charge in [0.2, 0.25) is 0 Å². The van der Waals surface area contributed by atoms with Crippen LogP contribution in [0.5, 0.6) is 0 Å². The van der Waals surface area contributed by atoms with Gasteiger partial charge < -0.3 is 0 Å². The summed E-state index contributed by atoms with van der Waals surface area (Å²) in [5.41, 5.74) is 0. The predicted octanol–water partition coefficient (Wildman–Crippen LogP) is 1.77. The standard InChI is InChI=1S/C6H12N.C2H6/c1-6-3-4-7(2)5-6;1-2/h4,6H,3,5H2,1-2H3;1-2H3/q+1;. The van der Waals surface area contributed by atoms with E-state index in [2.05, 4.69) is 24.8 Å². The van der Waals surface area contributed by atoms with Gasteiger partial charge in [0.15, 0.2) is 0 Å². The molecule has 54 valence electrons. The third-order valence-corrected chi connectivity index (χ3v) is 1.42. The largest absolute Gasteiger partial charge is 0.242 e. The lowest BCUT2D eigenvalue weighted by molar-refractivity contribution is -0.489. The summed E-state index contributed by atoms with van der Waals surface area (Å²) < 4.78 is 2.25. The molecule has 9 heavy (non-hydrogen) atoms. The number of hydrogen-bond donors (Lipinski definition) is 0. The average Bonchev–Trinajstić information content (AvgIpc) is 2.20. The summed E-state index contributed by atoms with van der Waals surface area (Å²) in [5.74, 6) is 0.894. The summed E-state index contributed by atoms with van der Waals surface area (Å²) in [6.45, 7) is 7.53. The minimum absolute atomic E-state index is 0.894. The summed E-state index contributed by atoms with van der Waals surface area (Å²) in [6.07, 6.45) is 3.53. The second-order valence-corrected chi connectivity index (χ2v) is 2.46. The van der Waals surface area contributed by atoms with Crippen molar-refractivity contribution in [1.82, 2.24) is 0 Å². The van der Waals surface area contributed by atoms with Crippen LogP contribution in [0.1, 0.15) is 27.2 Å². The third kappa shape index (κ3) is 3.28. The second kappa shape index (κ2) is 4.54. The van der Waals surface area contributed by atoms with Gasteiger partial charge in [-0.2, -0.15) is 0 Å². The highest BCUT2D eigenvalue weighted by molar-refractivity contribution is 5.52.